The lowest BCUT2D eigenvalue weighted by Crippen LogP contribution is -2.27. The van der Waals surface area contributed by atoms with Gasteiger partial charge in [0.2, 0.25) is 0 Å². The summed E-state index contributed by atoms with van der Waals surface area (Å²) in [4.78, 5) is 47.9. The predicted molar refractivity (Wildman–Crippen MR) is 131 cm³/mol. The zero-order valence-corrected chi connectivity index (χ0v) is 18.9. The fourth-order valence-corrected chi connectivity index (χ4v) is 5.76. The van der Waals surface area contributed by atoms with Crippen LogP contribution in [0.3, 0.4) is 0 Å². The van der Waals surface area contributed by atoms with Gasteiger partial charge in [-0.3, -0.25) is 0 Å². The lowest BCUT2D eigenvalue weighted by atomic mass is 9.69. The average molecular weight is 492 g/mol. The molecule has 4 aromatic carbocycles. The Morgan fingerprint density at radius 3 is 0.811 bits per heavy atom. The molecule has 0 saturated heterocycles. The second-order valence-electron chi connectivity index (χ2n) is 9.01. The van der Waals surface area contributed by atoms with E-state index in [9.17, 15) is 39.6 Å². The van der Waals surface area contributed by atoms with Gasteiger partial charge in [0.1, 0.15) is 0 Å². The molecular formula is C29H16O8. The van der Waals surface area contributed by atoms with E-state index in [2.05, 4.69) is 0 Å². The molecule has 180 valence electrons. The molecule has 8 nitrogen and oxygen atoms in total. The molecule has 2 aliphatic rings. The molecule has 0 heterocycles. The van der Waals surface area contributed by atoms with E-state index < -0.39 is 29.3 Å². The Hall–Kier alpha value is -5.24. The van der Waals surface area contributed by atoms with E-state index >= 15 is 0 Å². The monoisotopic (exact) mass is 492 g/mol. The third kappa shape index (κ3) is 2.83. The van der Waals surface area contributed by atoms with Gasteiger partial charge >= 0.3 is 23.9 Å². The predicted octanol–water partition coefficient (Wildman–Crippen LogP) is 4.82. The molecule has 37 heavy (non-hydrogen) atoms. The van der Waals surface area contributed by atoms with E-state index in [0.717, 1.165) is 0 Å². The van der Waals surface area contributed by atoms with Crippen LogP contribution in [0.4, 0.5) is 0 Å². The number of rotatable bonds is 4. The van der Waals surface area contributed by atoms with E-state index in [0.29, 0.717) is 44.5 Å². The van der Waals surface area contributed by atoms with Gasteiger partial charge in [0.15, 0.2) is 0 Å². The molecule has 0 aromatic heterocycles. The van der Waals surface area contributed by atoms with Crippen molar-refractivity contribution in [2.75, 3.05) is 0 Å². The summed E-state index contributed by atoms with van der Waals surface area (Å²) in [6, 6.07) is 18.4. The van der Waals surface area contributed by atoms with E-state index in [1.165, 1.54) is 48.5 Å². The molecule has 0 saturated carbocycles. The summed E-state index contributed by atoms with van der Waals surface area (Å²) < 4.78 is 0. The van der Waals surface area contributed by atoms with Crippen molar-refractivity contribution in [2.24, 2.45) is 0 Å². The number of hydrogen-bond acceptors (Lipinski definition) is 4. The number of hydrogen-bond donors (Lipinski definition) is 4. The molecule has 0 bridgehead atoms. The van der Waals surface area contributed by atoms with Crippen LogP contribution in [0, 0.1) is 0 Å². The minimum absolute atomic E-state index is 0.0110. The summed E-state index contributed by atoms with van der Waals surface area (Å²) in [5.41, 5.74) is 3.26. The van der Waals surface area contributed by atoms with Gasteiger partial charge < -0.3 is 20.4 Å². The Bertz CT molecular complexity index is 1490. The quantitative estimate of drug-likeness (QED) is 0.274. The van der Waals surface area contributed by atoms with Gasteiger partial charge in [0, 0.05) is 0 Å². The molecular weight excluding hydrogens is 476 g/mol. The highest BCUT2D eigenvalue weighted by molar-refractivity contribution is 6.01. The van der Waals surface area contributed by atoms with Crippen LogP contribution >= 0.6 is 0 Å². The lowest BCUT2D eigenvalue weighted by molar-refractivity contribution is 0.0686. The Kier molecular flexibility index (Phi) is 4.44. The maximum atomic E-state index is 12.0. The highest BCUT2D eigenvalue weighted by atomic mass is 16.4. The van der Waals surface area contributed by atoms with E-state index in [4.69, 9.17) is 0 Å². The third-order valence-corrected chi connectivity index (χ3v) is 7.26. The van der Waals surface area contributed by atoms with Crippen molar-refractivity contribution in [2.45, 2.75) is 5.41 Å². The van der Waals surface area contributed by atoms with Crippen molar-refractivity contribution in [3.8, 4) is 22.3 Å². The zero-order valence-electron chi connectivity index (χ0n) is 18.9. The van der Waals surface area contributed by atoms with Gasteiger partial charge in [-0.15, -0.1) is 0 Å². The van der Waals surface area contributed by atoms with Crippen molar-refractivity contribution in [3.63, 3.8) is 0 Å². The highest BCUT2D eigenvalue weighted by Crippen LogP contribution is 2.63. The minimum atomic E-state index is -1.33. The molecule has 2 aliphatic carbocycles. The highest BCUT2D eigenvalue weighted by Gasteiger charge is 2.52. The summed E-state index contributed by atoms with van der Waals surface area (Å²) in [6.45, 7) is 0. The molecule has 1 spiro atoms. The Morgan fingerprint density at radius 2 is 0.622 bits per heavy atom. The number of carbonyl (C=O) groups is 4. The van der Waals surface area contributed by atoms with Gasteiger partial charge in [0.25, 0.3) is 0 Å². The summed E-state index contributed by atoms with van der Waals surface area (Å²) in [5.74, 6) is -4.68. The van der Waals surface area contributed by atoms with Gasteiger partial charge in [-0.25, -0.2) is 19.2 Å². The second-order valence-corrected chi connectivity index (χ2v) is 9.01. The maximum absolute atomic E-state index is 12.0. The average Bonchev–Trinajstić information content (AvgIpc) is 3.33. The summed E-state index contributed by atoms with van der Waals surface area (Å²) in [6.07, 6.45) is 0. The molecule has 0 amide bonds. The maximum Gasteiger partial charge on any atom is 0.335 e. The van der Waals surface area contributed by atoms with E-state index in [1.807, 2.05) is 0 Å². The van der Waals surface area contributed by atoms with Crippen LogP contribution in [0.2, 0.25) is 0 Å². The molecule has 6 rings (SSSR count). The van der Waals surface area contributed by atoms with Gasteiger partial charge in [0.05, 0.1) is 27.7 Å². The first kappa shape index (κ1) is 22.2. The molecule has 0 atom stereocenters. The fourth-order valence-electron chi connectivity index (χ4n) is 5.76. The van der Waals surface area contributed by atoms with Crippen molar-refractivity contribution >= 4 is 23.9 Å². The standard InChI is InChI=1S/C29H16O8/c30-25(31)13-1-5-17-18-6-2-14(26(32)33)10-22(18)29(21(17)9-13)23-11-15(27(34)35)3-7-19(23)20-8-4-16(28(36)37)12-24(20)29/h1-12H,(H,30,31)(H,32,33)(H,34,35)(H,36,37). The van der Waals surface area contributed by atoms with Crippen LogP contribution in [-0.2, 0) is 5.41 Å². The summed E-state index contributed by atoms with van der Waals surface area (Å²) in [5, 5.41) is 39.1. The Morgan fingerprint density at radius 1 is 0.405 bits per heavy atom. The topological polar surface area (TPSA) is 149 Å². The fraction of sp³-hybridized carbons (Fsp3) is 0.0345. The van der Waals surface area contributed by atoms with Crippen molar-refractivity contribution in [1.82, 2.24) is 0 Å². The van der Waals surface area contributed by atoms with Crippen molar-refractivity contribution < 1.29 is 39.6 Å². The lowest BCUT2D eigenvalue weighted by Gasteiger charge is -2.31. The summed E-state index contributed by atoms with van der Waals surface area (Å²) >= 11 is 0. The first-order valence-corrected chi connectivity index (χ1v) is 11.2. The SMILES string of the molecule is O=C(O)c1ccc2c(c1)C1(c3cc(C(=O)O)ccc3-2)c2cc(C(=O)O)ccc2-c2ccc(C(=O)O)cc21. The smallest absolute Gasteiger partial charge is 0.335 e. The molecule has 8 heteroatoms. The Labute approximate surface area is 208 Å². The molecule has 0 fully saturated rings. The number of carboxylic acid groups (broad SMARTS) is 4. The molecule has 0 radical (unpaired) electrons. The van der Waals surface area contributed by atoms with Crippen molar-refractivity contribution in [1.29, 1.82) is 0 Å². The van der Waals surface area contributed by atoms with Crippen molar-refractivity contribution in [3.05, 3.63) is 117 Å². The normalized spacial score (nSPS) is 13.4. The van der Waals surface area contributed by atoms with Crippen LogP contribution in [0.15, 0.2) is 72.8 Å². The molecule has 4 N–H and O–H groups in total. The van der Waals surface area contributed by atoms with E-state index in [1.54, 1.807) is 24.3 Å². The minimum Gasteiger partial charge on any atom is -0.478 e. The first-order chi connectivity index (χ1) is 17.6. The first-order valence-electron chi connectivity index (χ1n) is 11.2. The number of aromatic carboxylic acids is 4. The third-order valence-electron chi connectivity index (χ3n) is 7.26. The largest absolute Gasteiger partial charge is 0.478 e. The van der Waals surface area contributed by atoms with E-state index in [-0.39, 0.29) is 22.3 Å². The van der Waals surface area contributed by atoms with Crippen LogP contribution in [0.1, 0.15) is 63.7 Å². The molecule has 0 aliphatic heterocycles. The molecule has 0 unspecified atom stereocenters. The second kappa shape index (κ2) is 7.38. The van der Waals surface area contributed by atoms with Gasteiger partial charge in [-0.05, 0) is 93.0 Å². The van der Waals surface area contributed by atoms with Crippen LogP contribution in [0.25, 0.3) is 22.3 Å². The van der Waals surface area contributed by atoms with Crippen LogP contribution in [-0.4, -0.2) is 44.3 Å². The Balaban J connectivity index is 1.85. The van der Waals surface area contributed by atoms with Crippen LogP contribution in [0.5, 0.6) is 0 Å². The summed E-state index contributed by atoms with van der Waals surface area (Å²) in [7, 11) is 0. The van der Waals surface area contributed by atoms with Gasteiger partial charge in [-0.2, -0.15) is 0 Å². The number of carboxylic acids is 4. The van der Waals surface area contributed by atoms with Gasteiger partial charge in [-0.1, -0.05) is 24.3 Å². The molecule has 4 aromatic rings. The van der Waals surface area contributed by atoms with Crippen LogP contribution < -0.4 is 0 Å². The number of fused-ring (bicyclic) bond motifs is 10. The number of benzene rings is 4. The zero-order chi connectivity index (χ0) is 26.2.